The summed E-state index contributed by atoms with van der Waals surface area (Å²) in [6, 6.07) is 9.47. The maximum atomic E-state index is 13.8. The molecule has 0 unspecified atom stereocenters. The van der Waals surface area contributed by atoms with Crippen molar-refractivity contribution < 1.29 is 17.6 Å². The molecule has 1 fully saturated rings. The second kappa shape index (κ2) is 6.98. The average Bonchev–Trinajstić information content (AvgIpc) is 2.60. The van der Waals surface area contributed by atoms with Crippen molar-refractivity contribution >= 4 is 33.2 Å². The van der Waals surface area contributed by atoms with Crippen molar-refractivity contribution in [2.75, 3.05) is 18.0 Å². The molecule has 3 rings (SSSR count). The van der Waals surface area contributed by atoms with Crippen LogP contribution >= 0.6 is 11.6 Å². The summed E-state index contributed by atoms with van der Waals surface area (Å²) >= 11 is 5.81. The molecular formula is C18H18ClFN2O3S. The molecule has 138 valence electrons. The SMILES string of the molecule is Cc1ccc(N2CCN(S(=O)(=O)c3ccc(Cl)cc3)[C@@H](C)C2=O)cc1F. The molecule has 1 amide bonds. The van der Waals surface area contributed by atoms with Crippen LogP contribution in [0.4, 0.5) is 10.1 Å². The van der Waals surface area contributed by atoms with E-state index in [1.165, 1.54) is 46.5 Å². The van der Waals surface area contributed by atoms with Gasteiger partial charge in [0.05, 0.1) is 4.90 Å². The number of carbonyl (C=O) groups is 1. The number of rotatable bonds is 3. The number of aryl methyl sites for hydroxylation is 1. The fourth-order valence-electron chi connectivity index (χ4n) is 2.93. The van der Waals surface area contributed by atoms with Gasteiger partial charge in [-0.25, -0.2) is 12.8 Å². The van der Waals surface area contributed by atoms with Crippen LogP contribution in [0.1, 0.15) is 12.5 Å². The Hall–Kier alpha value is -1.96. The zero-order valence-corrected chi connectivity index (χ0v) is 15.9. The summed E-state index contributed by atoms with van der Waals surface area (Å²) in [5.41, 5.74) is 0.909. The van der Waals surface area contributed by atoms with Crippen LogP contribution in [0.15, 0.2) is 47.4 Å². The maximum Gasteiger partial charge on any atom is 0.245 e. The maximum absolute atomic E-state index is 13.8. The van der Waals surface area contributed by atoms with Gasteiger partial charge in [-0.1, -0.05) is 17.7 Å². The van der Waals surface area contributed by atoms with Gasteiger partial charge in [0.2, 0.25) is 15.9 Å². The number of carbonyl (C=O) groups excluding carboxylic acids is 1. The molecule has 1 heterocycles. The van der Waals surface area contributed by atoms with Crippen LogP contribution in [0.25, 0.3) is 0 Å². The lowest BCUT2D eigenvalue weighted by Crippen LogP contribution is -2.57. The van der Waals surface area contributed by atoms with Gasteiger partial charge in [-0.05, 0) is 55.8 Å². The van der Waals surface area contributed by atoms with Crippen LogP contribution in [0.5, 0.6) is 0 Å². The average molecular weight is 397 g/mol. The van der Waals surface area contributed by atoms with Gasteiger partial charge >= 0.3 is 0 Å². The minimum absolute atomic E-state index is 0.0800. The lowest BCUT2D eigenvalue weighted by Gasteiger charge is -2.38. The second-order valence-electron chi connectivity index (χ2n) is 6.17. The molecule has 0 bridgehead atoms. The van der Waals surface area contributed by atoms with Crippen LogP contribution in [-0.4, -0.2) is 37.8 Å². The van der Waals surface area contributed by atoms with Gasteiger partial charge in [0.15, 0.2) is 0 Å². The highest BCUT2D eigenvalue weighted by Crippen LogP contribution is 2.27. The molecule has 0 saturated carbocycles. The molecule has 0 spiro atoms. The molecule has 0 aliphatic carbocycles. The molecule has 5 nitrogen and oxygen atoms in total. The van der Waals surface area contributed by atoms with Gasteiger partial charge in [-0.2, -0.15) is 4.31 Å². The first-order valence-electron chi connectivity index (χ1n) is 8.07. The highest BCUT2D eigenvalue weighted by atomic mass is 35.5. The van der Waals surface area contributed by atoms with Crippen molar-refractivity contribution in [2.45, 2.75) is 24.8 Å². The van der Waals surface area contributed by atoms with E-state index in [0.29, 0.717) is 16.3 Å². The van der Waals surface area contributed by atoms with Gasteiger partial charge in [0, 0.05) is 23.8 Å². The first-order chi connectivity index (χ1) is 12.2. The van der Waals surface area contributed by atoms with Gasteiger partial charge in [-0.15, -0.1) is 0 Å². The largest absolute Gasteiger partial charge is 0.310 e. The van der Waals surface area contributed by atoms with Crippen LogP contribution < -0.4 is 4.90 Å². The van der Waals surface area contributed by atoms with E-state index in [9.17, 15) is 17.6 Å². The molecule has 1 aliphatic heterocycles. The number of benzene rings is 2. The number of piperazine rings is 1. The minimum atomic E-state index is -3.83. The van der Waals surface area contributed by atoms with Crippen LogP contribution in [-0.2, 0) is 14.8 Å². The molecule has 2 aromatic carbocycles. The number of nitrogens with zero attached hydrogens (tertiary/aromatic N) is 2. The van der Waals surface area contributed by atoms with Crippen molar-refractivity contribution in [3.8, 4) is 0 Å². The molecule has 0 aromatic heterocycles. The van der Waals surface area contributed by atoms with E-state index < -0.39 is 27.8 Å². The van der Waals surface area contributed by atoms with Crippen molar-refractivity contribution in [1.82, 2.24) is 4.31 Å². The number of anilines is 1. The van der Waals surface area contributed by atoms with Gasteiger partial charge in [-0.3, -0.25) is 4.79 Å². The van der Waals surface area contributed by atoms with Gasteiger partial charge < -0.3 is 4.90 Å². The van der Waals surface area contributed by atoms with E-state index in [4.69, 9.17) is 11.6 Å². The summed E-state index contributed by atoms with van der Waals surface area (Å²) in [5.74, 6) is -0.795. The van der Waals surface area contributed by atoms with E-state index in [-0.39, 0.29) is 18.0 Å². The summed E-state index contributed by atoms with van der Waals surface area (Å²) in [7, 11) is -3.83. The highest BCUT2D eigenvalue weighted by molar-refractivity contribution is 7.89. The third kappa shape index (κ3) is 3.34. The van der Waals surface area contributed by atoms with Crippen molar-refractivity contribution in [2.24, 2.45) is 0 Å². The molecule has 1 saturated heterocycles. The third-order valence-corrected chi connectivity index (χ3v) is 6.72. The van der Waals surface area contributed by atoms with E-state index in [0.717, 1.165) is 0 Å². The summed E-state index contributed by atoms with van der Waals surface area (Å²) in [4.78, 5) is 14.2. The fourth-order valence-corrected chi connectivity index (χ4v) is 4.63. The van der Waals surface area contributed by atoms with Crippen molar-refractivity contribution in [3.63, 3.8) is 0 Å². The molecule has 1 atom stereocenters. The number of hydrogen-bond acceptors (Lipinski definition) is 3. The summed E-state index contributed by atoms with van der Waals surface area (Å²) in [5, 5.41) is 0.430. The Kier molecular flexibility index (Phi) is 5.05. The first kappa shape index (κ1) is 18.8. The first-order valence-corrected chi connectivity index (χ1v) is 9.88. The monoisotopic (exact) mass is 396 g/mol. The van der Waals surface area contributed by atoms with Crippen LogP contribution in [0.2, 0.25) is 5.02 Å². The molecule has 0 N–H and O–H groups in total. The number of sulfonamides is 1. The molecule has 8 heteroatoms. The highest BCUT2D eigenvalue weighted by Gasteiger charge is 2.39. The van der Waals surface area contributed by atoms with Crippen LogP contribution in [0, 0.1) is 12.7 Å². The number of amides is 1. The zero-order valence-electron chi connectivity index (χ0n) is 14.3. The number of hydrogen-bond donors (Lipinski definition) is 0. The Morgan fingerprint density at radius 3 is 2.38 bits per heavy atom. The molecule has 2 aromatic rings. The van der Waals surface area contributed by atoms with Crippen molar-refractivity contribution in [3.05, 3.63) is 58.9 Å². The molecule has 1 aliphatic rings. The lowest BCUT2D eigenvalue weighted by atomic mass is 10.1. The zero-order chi connectivity index (χ0) is 19.1. The normalized spacial score (nSPS) is 19.0. The Morgan fingerprint density at radius 1 is 1.12 bits per heavy atom. The quantitative estimate of drug-likeness (QED) is 0.800. The second-order valence-corrected chi connectivity index (χ2v) is 8.50. The molecular weight excluding hydrogens is 379 g/mol. The Morgan fingerprint density at radius 2 is 1.77 bits per heavy atom. The Bertz CT molecular complexity index is 947. The van der Waals surface area contributed by atoms with E-state index in [1.807, 2.05) is 0 Å². The summed E-state index contributed by atoms with van der Waals surface area (Å²) in [6.07, 6.45) is 0. The van der Waals surface area contributed by atoms with E-state index >= 15 is 0 Å². The van der Waals surface area contributed by atoms with Gasteiger partial charge in [0.25, 0.3) is 0 Å². The predicted octanol–water partition coefficient (Wildman–Crippen LogP) is 3.21. The molecule has 0 radical (unpaired) electrons. The van der Waals surface area contributed by atoms with E-state index in [1.54, 1.807) is 19.1 Å². The third-order valence-electron chi connectivity index (χ3n) is 4.49. The topological polar surface area (TPSA) is 57.7 Å². The van der Waals surface area contributed by atoms with Gasteiger partial charge in [0.1, 0.15) is 11.9 Å². The predicted molar refractivity (Wildman–Crippen MR) is 98.3 cm³/mol. The summed E-state index contributed by atoms with van der Waals surface area (Å²) < 4.78 is 40.7. The number of halogens is 2. The Labute approximate surface area is 157 Å². The minimum Gasteiger partial charge on any atom is -0.310 e. The molecule has 26 heavy (non-hydrogen) atoms. The van der Waals surface area contributed by atoms with Crippen LogP contribution in [0.3, 0.4) is 0 Å². The van der Waals surface area contributed by atoms with Crippen molar-refractivity contribution in [1.29, 1.82) is 0 Å². The standard InChI is InChI=1S/C18H18ClFN2O3S/c1-12-3-6-15(11-17(12)20)21-9-10-22(13(2)18(21)23)26(24,25)16-7-4-14(19)5-8-16/h3-8,11,13H,9-10H2,1-2H3/t13-/m0/s1. The summed E-state index contributed by atoms with van der Waals surface area (Å²) in [6.45, 7) is 3.44. The van der Waals surface area contributed by atoms with E-state index in [2.05, 4.69) is 0 Å². The smallest absolute Gasteiger partial charge is 0.245 e. The fraction of sp³-hybridized carbons (Fsp3) is 0.278. The Balaban J connectivity index is 1.87. The lowest BCUT2D eigenvalue weighted by molar-refractivity contribution is -0.123.